The maximum atomic E-state index is 11.9. The second kappa shape index (κ2) is 5.48. The van der Waals surface area contributed by atoms with Crippen molar-refractivity contribution in [2.75, 3.05) is 5.32 Å². The van der Waals surface area contributed by atoms with Crippen molar-refractivity contribution in [3.63, 3.8) is 0 Å². The molecule has 0 atom stereocenters. The number of anilines is 1. The highest BCUT2D eigenvalue weighted by Gasteiger charge is 2.06. The van der Waals surface area contributed by atoms with Gasteiger partial charge in [0.2, 0.25) is 0 Å². The highest BCUT2D eigenvalue weighted by Crippen LogP contribution is 2.14. The monoisotopic (exact) mass is 300 g/mol. The minimum absolute atomic E-state index is 0.180. The molecule has 4 heteroatoms. The summed E-state index contributed by atoms with van der Waals surface area (Å²) in [5, 5.41) is 11.4. The lowest BCUT2D eigenvalue weighted by Gasteiger charge is -2.05. The third-order valence-electron chi connectivity index (χ3n) is 2.36. The molecule has 0 bridgehead atoms. The van der Waals surface area contributed by atoms with Crippen molar-refractivity contribution in [1.82, 2.24) is 0 Å². The minimum Gasteiger partial charge on any atom is -0.322 e. The zero-order valence-corrected chi connectivity index (χ0v) is 10.9. The Labute approximate surface area is 113 Å². The predicted molar refractivity (Wildman–Crippen MR) is 73.3 cm³/mol. The Bertz CT molecular complexity index is 614. The van der Waals surface area contributed by atoms with Crippen molar-refractivity contribution in [3.05, 3.63) is 64.1 Å². The second-order valence-electron chi connectivity index (χ2n) is 3.65. The predicted octanol–water partition coefficient (Wildman–Crippen LogP) is 3.57. The Morgan fingerprint density at radius 3 is 2.50 bits per heavy atom. The number of halogens is 1. The fourth-order valence-electron chi connectivity index (χ4n) is 1.46. The molecular formula is C14H9BrN2O. The molecule has 0 aliphatic rings. The normalized spacial score (nSPS) is 9.56. The first kappa shape index (κ1) is 12.3. The van der Waals surface area contributed by atoms with Crippen molar-refractivity contribution in [1.29, 1.82) is 5.26 Å². The second-order valence-corrected chi connectivity index (χ2v) is 4.57. The molecule has 0 aliphatic heterocycles. The number of nitrogens with one attached hydrogen (secondary N) is 1. The molecule has 0 spiro atoms. The highest BCUT2D eigenvalue weighted by atomic mass is 79.9. The Morgan fingerprint density at radius 1 is 1.17 bits per heavy atom. The molecule has 0 heterocycles. The minimum atomic E-state index is -0.180. The Morgan fingerprint density at radius 2 is 1.89 bits per heavy atom. The van der Waals surface area contributed by atoms with Gasteiger partial charge >= 0.3 is 0 Å². The van der Waals surface area contributed by atoms with Gasteiger partial charge in [0.05, 0.1) is 11.6 Å². The Balaban J connectivity index is 2.14. The summed E-state index contributed by atoms with van der Waals surface area (Å²) in [6, 6.07) is 15.9. The number of hydrogen-bond donors (Lipinski definition) is 1. The molecule has 0 fully saturated rings. The van der Waals surface area contributed by atoms with Gasteiger partial charge < -0.3 is 5.32 Å². The van der Waals surface area contributed by atoms with Crippen LogP contribution in [0, 0.1) is 11.3 Å². The molecular weight excluding hydrogens is 292 g/mol. The number of hydrogen-bond acceptors (Lipinski definition) is 2. The summed E-state index contributed by atoms with van der Waals surface area (Å²) in [6.45, 7) is 0. The van der Waals surface area contributed by atoms with Gasteiger partial charge in [-0.2, -0.15) is 5.26 Å². The van der Waals surface area contributed by atoms with Gasteiger partial charge in [-0.3, -0.25) is 4.79 Å². The van der Waals surface area contributed by atoms with Crippen LogP contribution in [0.1, 0.15) is 15.9 Å². The van der Waals surface area contributed by atoms with Crippen LogP contribution in [0.4, 0.5) is 5.69 Å². The number of benzene rings is 2. The molecule has 0 aliphatic carbocycles. The van der Waals surface area contributed by atoms with E-state index in [1.165, 1.54) is 0 Å². The molecule has 88 valence electrons. The van der Waals surface area contributed by atoms with Crippen LogP contribution in [0.3, 0.4) is 0 Å². The summed E-state index contributed by atoms with van der Waals surface area (Å²) < 4.78 is 0.856. The van der Waals surface area contributed by atoms with Gasteiger partial charge in [-0.05, 0) is 42.5 Å². The fraction of sp³-hybridized carbons (Fsp3) is 0. The van der Waals surface area contributed by atoms with Gasteiger partial charge in [-0.25, -0.2) is 0 Å². The van der Waals surface area contributed by atoms with Crippen LogP contribution >= 0.6 is 15.9 Å². The molecule has 2 aromatic rings. The van der Waals surface area contributed by atoms with E-state index in [9.17, 15) is 4.79 Å². The molecule has 2 aromatic carbocycles. The molecule has 0 unspecified atom stereocenters. The Kier molecular flexibility index (Phi) is 3.75. The summed E-state index contributed by atoms with van der Waals surface area (Å²) >= 11 is 3.32. The number of amides is 1. The smallest absolute Gasteiger partial charge is 0.255 e. The lowest BCUT2D eigenvalue weighted by molar-refractivity contribution is 0.102. The first-order chi connectivity index (χ1) is 8.69. The van der Waals surface area contributed by atoms with Gasteiger partial charge in [0, 0.05) is 15.7 Å². The van der Waals surface area contributed by atoms with Gasteiger partial charge in [-0.1, -0.05) is 22.0 Å². The van der Waals surface area contributed by atoms with Gasteiger partial charge in [-0.15, -0.1) is 0 Å². The average molecular weight is 301 g/mol. The number of carbonyl (C=O) groups is 1. The van der Waals surface area contributed by atoms with Crippen LogP contribution in [-0.4, -0.2) is 5.91 Å². The molecule has 0 saturated carbocycles. The van der Waals surface area contributed by atoms with E-state index in [0.29, 0.717) is 16.8 Å². The third-order valence-corrected chi connectivity index (χ3v) is 2.85. The third kappa shape index (κ3) is 2.96. The first-order valence-electron chi connectivity index (χ1n) is 5.26. The van der Waals surface area contributed by atoms with Crippen LogP contribution in [-0.2, 0) is 0 Å². The first-order valence-corrected chi connectivity index (χ1v) is 6.05. The van der Waals surface area contributed by atoms with E-state index in [1.807, 2.05) is 12.1 Å². The molecule has 0 aromatic heterocycles. The van der Waals surface area contributed by atoms with Gasteiger partial charge in [0.25, 0.3) is 5.91 Å². The molecule has 3 nitrogen and oxygen atoms in total. The van der Waals surface area contributed by atoms with Crippen molar-refractivity contribution in [2.45, 2.75) is 0 Å². The maximum absolute atomic E-state index is 11.9. The zero-order chi connectivity index (χ0) is 13.0. The fourth-order valence-corrected chi connectivity index (χ4v) is 1.86. The van der Waals surface area contributed by atoms with Crippen LogP contribution in [0.15, 0.2) is 53.0 Å². The topological polar surface area (TPSA) is 52.9 Å². The molecule has 0 radical (unpaired) electrons. The van der Waals surface area contributed by atoms with E-state index >= 15 is 0 Å². The van der Waals surface area contributed by atoms with E-state index in [0.717, 1.165) is 4.47 Å². The van der Waals surface area contributed by atoms with E-state index < -0.39 is 0 Å². The number of nitriles is 1. The average Bonchev–Trinajstić information content (AvgIpc) is 2.39. The largest absolute Gasteiger partial charge is 0.322 e. The van der Waals surface area contributed by atoms with E-state index in [-0.39, 0.29) is 5.91 Å². The van der Waals surface area contributed by atoms with Crippen molar-refractivity contribution >= 4 is 27.5 Å². The van der Waals surface area contributed by atoms with Crippen LogP contribution < -0.4 is 5.32 Å². The SMILES string of the molecule is N#Cc1ccc(NC(=O)c2cccc(Br)c2)cc1. The van der Waals surface area contributed by atoms with E-state index in [4.69, 9.17) is 5.26 Å². The molecule has 0 saturated heterocycles. The summed E-state index contributed by atoms with van der Waals surface area (Å²) in [5.74, 6) is -0.180. The van der Waals surface area contributed by atoms with Gasteiger partial charge in [0.1, 0.15) is 0 Å². The quantitative estimate of drug-likeness (QED) is 0.922. The lowest BCUT2D eigenvalue weighted by atomic mass is 10.2. The Hall–Kier alpha value is -2.12. The molecule has 2 rings (SSSR count). The van der Waals surface area contributed by atoms with E-state index in [2.05, 4.69) is 21.2 Å². The molecule has 1 N–H and O–H groups in total. The van der Waals surface area contributed by atoms with Crippen molar-refractivity contribution in [3.8, 4) is 6.07 Å². The van der Waals surface area contributed by atoms with Crippen LogP contribution in [0.25, 0.3) is 0 Å². The van der Waals surface area contributed by atoms with Crippen LogP contribution in [0.2, 0.25) is 0 Å². The van der Waals surface area contributed by atoms with Gasteiger partial charge in [0.15, 0.2) is 0 Å². The number of rotatable bonds is 2. The number of carbonyl (C=O) groups excluding carboxylic acids is 1. The van der Waals surface area contributed by atoms with Crippen molar-refractivity contribution in [2.24, 2.45) is 0 Å². The standard InChI is InChI=1S/C14H9BrN2O/c15-12-3-1-2-11(8-12)14(18)17-13-6-4-10(9-16)5-7-13/h1-8H,(H,17,18). The molecule has 1 amide bonds. The van der Waals surface area contributed by atoms with Crippen molar-refractivity contribution < 1.29 is 4.79 Å². The lowest BCUT2D eigenvalue weighted by Crippen LogP contribution is -2.11. The highest BCUT2D eigenvalue weighted by molar-refractivity contribution is 9.10. The van der Waals surface area contributed by atoms with Crippen LogP contribution in [0.5, 0.6) is 0 Å². The summed E-state index contributed by atoms with van der Waals surface area (Å²) in [7, 11) is 0. The number of nitrogens with zero attached hydrogens (tertiary/aromatic N) is 1. The molecule has 18 heavy (non-hydrogen) atoms. The summed E-state index contributed by atoms with van der Waals surface area (Å²) in [4.78, 5) is 11.9. The maximum Gasteiger partial charge on any atom is 0.255 e. The summed E-state index contributed by atoms with van der Waals surface area (Å²) in [6.07, 6.45) is 0. The zero-order valence-electron chi connectivity index (χ0n) is 9.35. The van der Waals surface area contributed by atoms with E-state index in [1.54, 1.807) is 42.5 Å². The summed E-state index contributed by atoms with van der Waals surface area (Å²) in [5.41, 5.74) is 1.81.